The van der Waals surface area contributed by atoms with Crippen LogP contribution in [0.25, 0.3) is 0 Å². The Hall–Kier alpha value is -1.07. The van der Waals surface area contributed by atoms with E-state index in [9.17, 15) is 8.42 Å². The van der Waals surface area contributed by atoms with Gasteiger partial charge in [0.2, 0.25) is 10.0 Å². The molecule has 0 amide bonds. The van der Waals surface area contributed by atoms with Gasteiger partial charge in [0, 0.05) is 0 Å². The standard InChI is InChI=1S/C14H23NO3S/c1-2-13-7-9-14(10-8-13)18-11-5-3-4-6-12-19(15,16)17/h7-10H,2-6,11-12H2,1H3,(H2,15,16,17). The largest absolute Gasteiger partial charge is 0.494 e. The van der Waals surface area contributed by atoms with Crippen LogP contribution < -0.4 is 9.88 Å². The first-order chi connectivity index (χ1) is 9.01. The monoisotopic (exact) mass is 285 g/mol. The first-order valence-electron chi connectivity index (χ1n) is 6.73. The van der Waals surface area contributed by atoms with Gasteiger partial charge in [-0.3, -0.25) is 0 Å². The van der Waals surface area contributed by atoms with Crippen molar-refractivity contribution in [1.82, 2.24) is 0 Å². The third-order valence-electron chi connectivity index (χ3n) is 2.92. The maximum atomic E-state index is 10.7. The normalized spacial score (nSPS) is 11.5. The summed E-state index contributed by atoms with van der Waals surface area (Å²) in [6, 6.07) is 8.11. The van der Waals surface area contributed by atoms with E-state index >= 15 is 0 Å². The van der Waals surface area contributed by atoms with Crippen molar-refractivity contribution in [1.29, 1.82) is 0 Å². The van der Waals surface area contributed by atoms with Crippen LogP contribution in [-0.4, -0.2) is 20.8 Å². The lowest BCUT2D eigenvalue weighted by molar-refractivity contribution is 0.305. The number of nitrogens with two attached hydrogens (primary N) is 1. The molecule has 108 valence electrons. The molecule has 1 rings (SSSR count). The second-order valence-corrected chi connectivity index (χ2v) is 6.36. The topological polar surface area (TPSA) is 69.4 Å². The fourth-order valence-electron chi connectivity index (χ4n) is 1.77. The van der Waals surface area contributed by atoms with E-state index in [1.54, 1.807) is 0 Å². The molecule has 19 heavy (non-hydrogen) atoms. The maximum absolute atomic E-state index is 10.7. The Morgan fingerprint density at radius 2 is 1.68 bits per heavy atom. The van der Waals surface area contributed by atoms with Gasteiger partial charge in [-0.25, -0.2) is 13.6 Å². The van der Waals surface area contributed by atoms with Gasteiger partial charge in [0.05, 0.1) is 12.4 Å². The van der Waals surface area contributed by atoms with Crippen LogP contribution in [0.3, 0.4) is 0 Å². The van der Waals surface area contributed by atoms with Gasteiger partial charge in [-0.2, -0.15) is 0 Å². The van der Waals surface area contributed by atoms with Crippen molar-refractivity contribution < 1.29 is 13.2 Å². The molecule has 0 saturated heterocycles. The van der Waals surface area contributed by atoms with Gasteiger partial charge in [-0.05, 0) is 37.0 Å². The predicted octanol–water partition coefficient (Wildman–Crippen LogP) is 2.48. The van der Waals surface area contributed by atoms with Crippen molar-refractivity contribution in [3.8, 4) is 5.75 Å². The minimum atomic E-state index is -3.30. The Kier molecular flexibility index (Phi) is 6.87. The Morgan fingerprint density at radius 3 is 2.26 bits per heavy atom. The molecule has 0 bridgehead atoms. The van der Waals surface area contributed by atoms with Gasteiger partial charge in [-0.1, -0.05) is 31.9 Å². The number of sulfonamides is 1. The molecule has 0 unspecified atom stereocenters. The van der Waals surface area contributed by atoms with E-state index in [0.29, 0.717) is 13.0 Å². The summed E-state index contributed by atoms with van der Waals surface area (Å²) in [6.45, 7) is 2.79. The van der Waals surface area contributed by atoms with Crippen molar-refractivity contribution in [2.45, 2.75) is 39.0 Å². The lowest BCUT2D eigenvalue weighted by Gasteiger charge is -2.06. The number of hydrogen-bond acceptors (Lipinski definition) is 3. The van der Waals surface area contributed by atoms with Gasteiger partial charge in [-0.15, -0.1) is 0 Å². The quantitative estimate of drug-likeness (QED) is 0.709. The van der Waals surface area contributed by atoms with Crippen LogP contribution in [0.2, 0.25) is 0 Å². The Balaban J connectivity index is 2.07. The number of rotatable bonds is 9. The third-order valence-corrected chi connectivity index (χ3v) is 3.78. The summed E-state index contributed by atoms with van der Waals surface area (Å²) in [6.07, 6.45) is 4.42. The molecule has 0 heterocycles. The van der Waals surface area contributed by atoms with E-state index in [0.717, 1.165) is 31.4 Å². The number of unbranched alkanes of at least 4 members (excludes halogenated alkanes) is 3. The Morgan fingerprint density at radius 1 is 1.05 bits per heavy atom. The number of aryl methyl sites for hydroxylation is 1. The minimum Gasteiger partial charge on any atom is -0.494 e. The highest BCUT2D eigenvalue weighted by Gasteiger charge is 2.01. The van der Waals surface area contributed by atoms with Crippen molar-refractivity contribution in [2.75, 3.05) is 12.4 Å². The fraction of sp³-hybridized carbons (Fsp3) is 0.571. The minimum absolute atomic E-state index is 0.0757. The summed E-state index contributed by atoms with van der Waals surface area (Å²) in [5, 5.41) is 4.92. The molecule has 1 aromatic rings. The van der Waals surface area contributed by atoms with Crippen LogP contribution in [0.5, 0.6) is 5.75 Å². The van der Waals surface area contributed by atoms with Crippen LogP contribution in [-0.2, 0) is 16.4 Å². The molecule has 0 radical (unpaired) electrons. The zero-order chi connectivity index (χ0) is 14.1. The molecule has 0 fully saturated rings. The van der Waals surface area contributed by atoms with Crippen LogP contribution >= 0.6 is 0 Å². The molecule has 1 aromatic carbocycles. The third kappa shape index (κ3) is 7.85. The van der Waals surface area contributed by atoms with E-state index in [1.807, 2.05) is 12.1 Å². The van der Waals surface area contributed by atoms with E-state index < -0.39 is 10.0 Å². The number of primary sulfonamides is 1. The summed E-state index contributed by atoms with van der Waals surface area (Å²) in [7, 11) is -3.30. The summed E-state index contributed by atoms with van der Waals surface area (Å²) >= 11 is 0. The number of benzene rings is 1. The summed E-state index contributed by atoms with van der Waals surface area (Å²) in [4.78, 5) is 0. The first-order valence-corrected chi connectivity index (χ1v) is 8.45. The molecule has 0 spiro atoms. The molecule has 0 aromatic heterocycles. The molecule has 0 aliphatic rings. The first kappa shape index (κ1) is 16.0. The average molecular weight is 285 g/mol. The zero-order valence-electron chi connectivity index (χ0n) is 11.5. The highest BCUT2D eigenvalue weighted by molar-refractivity contribution is 7.89. The summed E-state index contributed by atoms with van der Waals surface area (Å²) in [5.41, 5.74) is 1.30. The highest BCUT2D eigenvalue weighted by Crippen LogP contribution is 2.13. The molecule has 0 aliphatic carbocycles. The van der Waals surface area contributed by atoms with Gasteiger partial charge in [0.1, 0.15) is 5.75 Å². The SMILES string of the molecule is CCc1ccc(OCCCCCCS(N)(=O)=O)cc1. The van der Waals surface area contributed by atoms with Crippen molar-refractivity contribution in [3.05, 3.63) is 29.8 Å². The lowest BCUT2D eigenvalue weighted by atomic mass is 10.2. The smallest absolute Gasteiger partial charge is 0.209 e. The van der Waals surface area contributed by atoms with E-state index in [2.05, 4.69) is 19.1 Å². The van der Waals surface area contributed by atoms with Gasteiger partial charge >= 0.3 is 0 Å². The zero-order valence-corrected chi connectivity index (χ0v) is 12.3. The Bertz CT molecular complexity index is 454. The molecule has 0 aliphatic heterocycles. The van der Waals surface area contributed by atoms with Crippen molar-refractivity contribution >= 4 is 10.0 Å². The lowest BCUT2D eigenvalue weighted by Crippen LogP contribution is -2.16. The van der Waals surface area contributed by atoms with Gasteiger partial charge < -0.3 is 4.74 Å². The highest BCUT2D eigenvalue weighted by atomic mass is 32.2. The van der Waals surface area contributed by atoms with E-state index in [-0.39, 0.29) is 5.75 Å². The van der Waals surface area contributed by atoms with E-state index in [1.165, 1.54) is 5.56 Å². The molecule has 4 nitrogen and oxygen atoms in total. The number of ether oxygens (including phenoxy) is 1. The molecule has 2 N–H and O–H groups in total. The second-order valence-electron chi connectivity index (χ2n) is 4.63. The van der Waals surface area contributed by atoms with E-state index in [4.69, 9.17) is 9.88 Å². The van der Waals surface area contributed by atoms with Crippen LogP contribution in [0, 0.1) is 0 Å². The summed E-state index contributed by atoms with van der Waals surface area (Å²) in [5.74, 6) is 0.966. The van der Waals surface area contributed by atoms with Crippen molar-refractivity contribution in [3.63, 3.8) is 0 Å². The van der Waals surface area contributed by atoms with Crippen LogP contribution in [0.15, 0.2) is 24.3 Å². The maximum Gasteiger partial charge on any atom is 0.209 e. The van der Waals surface area contributed by atoms with Gasteiger partial charge in [0.15, 0.2) is 0 Å². The summed E-state index contributed by atoms with van der Waals surface area (Å²) < 4.78 is 27.0. The molecular formula is C14H23NO3S. The van der Waals surface area contributed by atoms with Gasteiger partial charge in [0.25, 0.3) is 0 Å². The number of hydrogen-bond donors (Lipinski definition) is 1. The molecule has 0 atom stereocenters. The Labute approximate surface area is 116 Å². The predicted molar refractivity (Wildman–Crippen MR) is 77.8 cm³/mol. The second kappa shape index (κ2) is 8.17. The molecular weight excluding hydrogens is 262 g/mol. The average Bonchev–Trinajstić information content (AvgIpc) is 2.37. The van der Waals surface area contributed by atoms with Crippen LogP contribution in [0.1, 0.15) is 38.2 Å². The van der Waals surface area contributed by atoms with Crippen molar-refractivity contribution in [2.24, 2.45) is 5.14 Å². The van der Waals surface area contributed by atoms with Crippen LogP contribution in [0.4, 0.5) is 0 Å². The fourth-order valence-corrected chi connectivity index (χ4v) is 2.38. The molecule has 5 heteroatoms. The molecule has 0 saturated carbocycles.